The lowest BCUT2D eigenvalue weighted by molar-refractivity contribution is 0.141. The van der Waals surface area contributed by atoms with Crippen LogP contribution in [0.2, 0.25) is 0 Å². The number of hydrogen-bond acceptors (Lipinski definition) is 5. The Hall–Kier alpha value is -2.37. The standard InChI is InChI=1S/C20H22N2O3/c1-14-17(21-20(25-14)19-7-4-12-24-19)13-22(10-11-23)18-9-8-15-5-2-3-6-16(15)18/h2-7,12,18,23H,8-11,13H2,1H3. The molecule has 25 heavy (non-hydrogen) atoms. The summed E-state index contributed by atoms with van der Waals surface area (Å²) in [6.45, 7) is 3.31. The predicted molar refractivity (Wildman–Crippen MR) is 93.9 cm³/mol. The van der Waals surface area contributed by atoms with E-state index in [1.54, 1.807) is 6.26 Å². The summed E-state index contributed by atoms with van der Waals surface area (Å²) in [5.41, 5.74) is 3.66. The Morgan fingerprint density at radius 2 is 2.12 bits per heavy atom. The number of nitrogens with zero attached hydrogens (tertiary/aromatic N) is 2. The fraction of sp³-hybridized carbons (Fsp3) is 0.350. The van der Waals surface area contributed by atoms with Crippen molar-refractivity contribution in [3.05, 3.63) is 65.2 Å². The van der Waals surface area contributed by atoms with Crippen LogP contribution >= 0.6 is 0 Å². The number of aliphatic hydroxyl groups excluding tert-OH is 1. The zero-order chi connectivity index (χ0) is 17.2. The first-order chi connectivity index (χ1) is 12.3. The zero-order valence-electron chi connectivity index (χ0n) is 14.3. The van der Waals surface area contributed by atoms with Crippen molar-refractivity contribution in [1.82, 2.24) is 9.88 Å². The van der Waals surface area contributed by atoms with Crippen LogP contribution in [0.1, 0.15) is 35.0 Å². The average Bonchev–Trinajstić information content (AvgIpc) is 3.34. The summed E-state index contributed by atoms with van der Waals surface area (Å²) in [6.07, 6.45) is 3.77. The van der Waals surface area contributed by atoms with E-state index < -0.39 is 0 Å². The van der Waals surface area contributed by atoms with Crippen LogP contribution in [0.4, 0.5) is 0 Å². The van der Waals surface area contributed by atoms with Gasteiger partial charge in [0, 0.05) is 19.1 Å². The van der Waals surface area contributed by atoms with E-state index >= 15 is 0 Å². The molecule has 1 atom stereocenters. The molecule has 1 aliphatic rings. The molecule has 0 radical (unpaired) electrons. The lowest BCUT2D eigenvalue weighted by atomic mass is 10.1. The van der Waals surface area contributed by atoms with Crippen LogP contribution in [0, 0.1) is 6.92 Å². The molecule has 0 bridgehead atoms. The fourth-order valence-electron chi connectivity index (χ4n) is 3.66. The van der Waals surface area contributed by atoms with Crippen LogP contribution in [0.15, 0.2) is 51.5 Å². The average molecular weight is 338 g/mol. The molecule has 5 nitrogen and oxygen atoms in total. The first-order valence-corrected chi connectivity index (χ1v) is 8.69. The topological polar surface area (TPSA) is 62.6 Å². The fourth-order valence-corrected chi connectivity index (χ4v) is 3.66. The number of hydrogen-bond donors (Lipinski definition) is 1. The number of fused-ring (bicyclic) bond motifs is 1. The largest absolute Gasteiger partial charge is 0.459 e. The molecule has 3 aromatic rings. The van der Waals surface area contributed by atoms with Gasteiger partial charge in [-0.15, -0.1) is 0 Å². The van der Waals surface area contributed by atoms with E-state index in [0.29, 0.717) is 30.8 Å². The van der Waals surface area contributed by atoms with Crippen LogP contribution in [-0.4, -0.2) is 28.1 Å². The van der Waals surface area contributed by atoms with Gasteiger partial charge in [0.2, 0.25) is 0 Å². The minimum Gasteiger partial charge on any atom is -0.459 e. The van der Waals surface area contributed by atoms with Crippen LogP contribution in [0.25, 0.3) is 11.7 Å². The van der Waals surface area contributed by atoms with Gasteiger partial charge >= 0.3 is 0 Å². The highest BCUT2D eigenvalue weighted by Gasteiger charge is 2.28. The first-order valence-electron chi connectivity index (χ1n) is 8.69. The third-order valence-electron chi connectivity index (χ3n) is 4.91. The number of aliphatic hydroxyl groups is 1. The number of oxazole rings is 1. The molecule has 1 aromatic carbocycles. The third-order valence-corrected chi connectivity index (χ3v) is 4.91. The third kappa shape index (κ3) is 3.13. The highest BCUT2D eigenvalue weighted by atomic mass is 16.4. The highest BCUT2D eigenvalue weighted by Crippen LogP contribution is 2.36. The van der Waals surface area contributed by atoms with Crippen molar-refractivity contribution in [1.29, 1.82) is 0 Å². The second-order valence-corrected chi connectivity index (χ2v) is 6.45. The zero-order valence-corrected chi connectivity index (χ0v) is 14.3. The lowest BCUT2D eigenvalue weighted by Gasteiger charge is -2.28. The molecule has 0 aliphatic heterocycles. The molecule has 2 heterocycles. The summed E-state index contributed by atoms with van der Waals surface area (Å²) in [5.74, 6) is 1.93. The summed E-state index contributed by atoms with van der Waals surface area (Å²) >= 11 is 0. The Balaban J connectivity index is 1.59. The molecule has 1 aliphatic carbocycles. The normalized spacial score (nSPS) is 16.5. The number of aryl methyl sites for hydroxylation is 2. The van der Waals surface area contributed by atoms with Gasteiger partial charge in [0.15, 0.2) is 5.76 Å². The van der Waals surface area contributed by atoms with Crippen molar-refractivity contribution in [3.8, 4) is 11.7 Å². The van der Waals surface area contributed by atoms with Gasteiger partial charge in [-0.1, -0.05) is 24.3 Å². The number of furan rings is 1. The molecule has 1 N–H and O–H groups in total. The van der Waals surface area contributed by atoms with Crippen molar-refractivity contribution in [2.24, 2.45) is 0 Å². The second kappa shape index (κ2) is 6.86. The molecule has 130 valence electrons. The van der Waals surface area contributed by atoms with Crippen LogP contribution in [0.3, 0.4) is 0 Å². The van der Waals surface area contributed by atoms with Crippen molar-refractivity contribution < 1.29 is 13.9 Å². The summed E-state index contributed by atoms with van der Waals surface area (Å²) < 4.78 is 11.2. The molecule has 0 spiro atoms. The lowest BCUT2D eigenvalue weighted by Crippen LogP contribution is -2.30. The van der Waals surface area contributed by atoms with Gasteiger partial charge in [0.05, 0.1) is 18.6 Å². The van der Waals surface area contributed by atoms with E-state index in [9.17, 15) is 5.11 Å². The maximum atomic E-state index is 9.55. The summed E-state index contributed by atoms with van der Waals surface area (Å²) in [7, 11) is 0. The molecule has 5 heteroatoms. The monoisotopic (exact) mass is 338 g/mol. The van der Waals surface area contributed by atoms with Gasteiger partial charge in [-0.25, -0.2) is 4.98 Å². The molecule has 0 saturated carbocycles. The first kappa shape index (κ1) is 16.1. The molecule has 0 fully saturated rings. The SMILES string of the molecule is Cc1oc(-c2ccco2)nc1CN(CCO)C1CCc2ccccc21. The van der Waals surface area contributed by atoms with E-state index in [4.69, 9.17) is 8.83 Å². The van der Waals surface area contributed by atoms with E-state index in [1.165, 1.54) is 11.1 Å². The van der Waals surface area contributed by atoms with Crippen LogP contribution < -0.4 is 0 Å². The van der Waals surface area contributed by atoms with Gasteiger partial charge in [0.1, 0.15) is 5.76 Å². The Labute approximate surface area is 146 Å². The van der Waals surface area contributed by atoms with Gasteiger partial charge < -0.3 is 13.9 Å². The minimum atomic E-state index is 0.126. The van der Waals surface area contributed by atoms with Gasteiger partial charge in [-0.2, -0.15) is 0 Å². The van der Waals surface area contributed by atoms with Crippen molar-refractivity contribution in [3.63, 3.8) is 0 Å². The van der Waals surface area contributed by atoms with Gasteiger partial charge in [0.25, 0.3) is 5.89 Å². The number of aromatic nitrogens is 1. The second-order valence-electron chi connectivity index (χ2n) is 6.45. The summed E-state index contributed by atoms with van der Waals surface area (Å²) in [5, 5.41) is 9.55. The Kier molecular flexibility index (Phi) is 4.42. The van der Waals surface area contributed by atoms with Crippen LogP contribution in [0.5, 0.6) is 0 Å². The van der Waals surface area contributed by atoms with Crippen molar-refractivity contribution in [2.45, 2.75) is 32.4 Å². The Morgan fingerprint density at radius 3 is 2.92 bits per heavy atom. The number of benzene rings is 1. The molecule has 1 unspecified atom stereocenters. The van der Waals surface area contributed by atoms with E-state index in [0.717, 1.165) is 24.3 Å². The van der Waals surface area contributed by atoms with Crippen LogP contribution in [-0.2, 0) is 13.0 Å². The smallest absolute Gasteiger partial charge is 0.263 e. The summed E-state index contributed by atoms with van der Waals surface area (Å²) in [4.78, 5) is 6.91. The maximum absolute atomic E-state index is 9.55. The van der Waals surface area contributed by atoms with E-state index in [-0.39, 0.29) is 6.61 Å². The maximum Gasteiger partial charge on any atom is 0.263 e. The van der Waals surface area contributed by atoms with Gasteiger partial charge in [-0.3, -0.25) is 4.90 Å². The molecule has 4 rings (SSSR count). The Morgan fingerprint density at radius 1 is 1.24 bits per heavy atom. The molecule has 0 amide bonds. The minimum absolute atomic E-state index is 0.126. The highest BCUT2D eigenvalue weighted by molar-refractivity contribution is 5.44. The molecule has 0 saturated heterocycles. The molecular weight excluding hydrogens is 316 g/mol. The molecule has 2 aromatic heterocycles. The quantitative estimate of drug-likeness (QED) is 0.742. The number of rotatable bonds is 6. The predicted octanol–water partition coefficient (Wildman–Crippen LogP) is 3.72. The summed E-state index contributed by atoms with van der Waals surface area (Å²) in [6, 6.07) is 12.5. The van der Waals surface area contributed by atoms with Crippen molar-refractivity contribution >= 4 is 0 Å². The molecular formula is C20H22N2O3. The van der Waals surface area contributed by atoms with Crippen molar-refractivity contribution in [2.75, 3.05) is 13.2 Å². The van der Waals surface area contributed by atoms with E-state index in [1.807, 2.05) is 19.1 Å². The Bertz CT molecular complexity index is 839. The van der Waals surface area contributed by atoms with Gasteiger partial charge in [-0.05, 0) is 43.0 Å². The van der Waals surface area contributed by atoms with E-state index in [2.05, 4.69) is 34.1 Å².